The minimum absolute atomic E-state index is 0.00154. The van der Waals surface area contributed by atoms with Gasteiger partial charge in [0.1, 0.15) is 0 Å². The van der Waals surface area contributed by atoms with Crippen LogP contribution in [-0.2, 0) is 14.6 Å². The maximum atomic E-state index is 12.6. The molecule has 0 bridgehead atoms. The number of amides is 2. The van der Waals surface area contributed by atoms with Gasteiger partial charge in [0, 0.05) is 17.7 Å². The van der Waals surface area contributed by atoms with Crippen LogP contribution in [0.1, 0.15) is 41.7 Å². The SMILES string of the molecule is CCC(=O)Nc1cccc(C(=O)NC2CCS(=O)(=O)c3ccccc32)c1. The van der Waals surface area contributed by atoms with Crippen LogP contribution in [0.5, 0.6) is 0 Å². The first kappa shape index (κ1) is 18.1. The third kappa shape index (κ3) is 3.77. The van der Waals surface area contributed by atoms with Crippen LogP contribution in [0.25, 0.3) is 0 Å². The van der Waals surface area contributed by atoms with E-state index in [1.807, 2.05) is 0 Å². The minimum Gasteiger partial charge on any atom is -0.345 e. The number of carbonyl (C=O) groups excluding carboxylic acids is 2. The van der Waals surface area contributed by atoms with E-state index in [4.69, 9.17) is 0 Å². The smallest absolute Gasteiger partial charge is 0.251 e. The van der Waals surface area contributed by atoms with Crippen molar-refractivity contribution < 1.29 is 18.0 Å². The molecule has 2 aromatic carbocycles. The molecule has 136 valence electrons. The molecule has 0 fully saturated rings. The van der Waals surface area contributed by atoms with Crippen LogP contribution in [0.3, 0.4) is 0 Å². The Balaban J connectivity index is 1.81. The first-order valence-corrected chi connectivity index (χ1v) is 10.1. The van der Waals surface area contributed by atoms with Gasteiger partial charge in [0.05, 0.1) is 16.7 Å². The molecular weight excluding hydrogens is 352 g/mol. The topological polar surface area (TPSA) is 92.3 Å². The first-order valence-electron chi connectivity index (χ1n) is 8.43. The molecule has 0 spiro atoms. The Kier molecular flexibility index (Phi) is 5.08. The summed E-state index contributed by atoms with van der Waals surface area (Å²) in [6.07, 6.45) is 0.682. The van der Waals surface area contributed by atoms with E-state index in [0.29, 0.717) is 29.7 Å². The molecule has 7 heteroatoms. The highest BCUT2D eigenvalue weighted by Crippen LogP contribution is 2.32. The molecule has 0 radical (unpaired) electrons. The predicted molar refractivity (Wildman–Crippen MR) is 98.7 cm³/mol. The van der Waals surface area contributed by atoms with E-state index in [-0.39, 0.29) is 28.5 Å². The number of rotatable bonds is 4. The molecule has 26 heavy (non-hydrogen) atoms. The zero-order chi connectivity index (χ0) is 18.7. The lowest BCUT2D eigenvalue weighted by Crippen LogP contribution is -2.33. The van der Waals surface area contributed by atoms with Crippen molar-refractivity contribution in [1.29, 1.82) is 0 Å². The lowest BCUT2D eigenvalue weighted by Gasteiger charge is -2.26. The summed E-state index contributed by atoms with van der Waals surface area (Å²) in [4.78, 5) is 24.4. The molecule has 1 atom stereocenters. The predicted octanol–water partition coefficient (Wildman–Crippen LogP) is 2.68. The zero-order valence-electron chi connectivity index (χ0n) is 14.4. The highest BCUT2D eigenvalue weighted by Gasteiger charge is 2.30. The van der Waals surface area contributed by atoms with Crippen LogP contribution in [0.2, 0.25) is 0 Å². The van der Waals surface area contributed by atoms with Gasteiger partial charge in [-0.3, -0.25) is 9.59 Å². The van der Waals surface area contributed by atoms with Gasteiger partial charge in [-0.25, -0.2) is 8.42 Å². The first-order chi connectivity index (χ1) is 12.4. The number of hydrogen-bond donors (Lipinski definition) is 2. The molecule has 3 rings (SSSR count). The number of carbonyl (C=O) groups is 2. The highest BCUT2D eigenvalue weighted by molar-refractivity contribution is 7.91. The van der Waals surface area contributed by atoms with Crippen LogP contribution in [0, 0.1) is 0 Å². The van der Waals surface area contributed by atoms with E-state index >= 15 is 0 Å². The standard InChI is InChI=1S/C19H20N2O4S/c1-2-18(22)20-14-7-5-6-13(12-14)19(23)21-16-10-11-26(24,25)17-9-4-3-8-15(16)17/h3-9,12,16H,2,10-11H2,1H3,(H,20,22)(H,21,23). The fourth-order valence-corrected chi connectivity index (χ4v) is 4.59. The van der Waals surface area contributed by atoms with Gasteiger partial charge in [0.15, 0.2) is 9.84 Å². The number of sulfone groups is 1. The van der Waals surface area contributed by atoms with Crippen molar-refractivity contribution in [2.24, 2.45) is 0 Å². The summed E-state index contributed by atoms with van der Waals surface area (Å²) < 4.78 is 24.4. The van der Waals surface area contributed by atoms with Crippen molar-refractivity contribution in [2.45, 2.75) is 30.7 Å². The van der Waals surface area contributed by atoms with Gasteiger partial charge in [-0.2, -0.15) is 0 Å². The van der Waals surface area contributed by atoms with E-state index in [1.54, 1.807) is 55.5 Å². The third-order valence-corrected chi connectivity index (χ3v) is 6.15. The summed E-state index contributed by atoms with van der Waals surface area (Å²) >= 11 is 0. The van der Waals surface area contributed by atoms with Crippen LogP contribution < -0.4 is 10.6 Å². The lowest BCUT2D eigenvalue weighted by molar-refractivity contribution is -0.115. The molecule has 1 aliphatic rings. The molecule has 0 aromatic heterocycles. The largest absolute Gasteiger partial charge is 0.345 e. The van der Waals surface area contributed by atoms with Gasteiger partial charge in [-0.15, -0.1) is 0 Å². The molecule has 1 aliphatic heterocycles. The van der Waals surface area contributed by atoms with E-state index in [1.165, 1.54) is 0 Å². The second-order valence-electron chi connectivity index (χ2n) is 6.15. The van der Waals surface area contributed by atoms with Gasteiger partial charge in [0.2, 0.25) is 5.91 Å². The average Bonchev–Trinajstić information content (AvgIpc) is 2.64. The van der Waals surface area contributed by atoms with Crippen LogP contribution in [0.4, 0.5) is 5.69 Å². The number of benzene rings is 2. The monoisotopic (exact) mass is 372 g/mol. The summed E-state index contributed by atoms with van der Waals surface area (Å²) in [5.41, 5.74) is 1.57. The molecule has 0 saturated carbocycles. The normalized spacial score (nSPS) is 17.8. The van der Waals surface area contributed by atoms with Crippen LogP contribution in [0.15, 0.2) is 53.4 Å². The van der Waals surface area contributed by atoms with E-state index in [0.717, 1.165) is 0 Å². The lowest BCUT2D eigenvalue weighted by atomic mass is 10.0. The Labute approximate surface area is 152 Å². The molecule has 0 saturated heterocycles. The van der Waals surface area contributed by atoms with Crippen molar-refractivity contribution in [3.63, 3.8) is 0 Å². The molecule has 6 nitrogen and oxygen atoms in total. The quantitative estimate of drug-likeness (QED) is 0.863. The van der Waals surface area contributed by atoms with Crippen LogP contribution >= 0.6 is 0 Å². The van der Waals surface area contributed by atoms with E-state index in [9.17, 15) is 18.0 Å². The van der Waals surface area contributed by atoms with Gasteiger partial charge in [0.25, 0.3) is 5.91 Å². The highest BCUT2D eigenvalue weighted by atomic mass is 32.2. The molecular formula is C19H20N2O4S. The second kappa shape index (κ2) is 7.29. The molecule has 2 amide bonds. The van der Waals surface area contributed by atoms with Gasteiger partial charge in [-0.1, -0.05) is 31.2 Å². The summed E-state index contributed by atoms with van der Waals surface area (Å²) in [5.74, 6) is -0.438. The van der Waals surface area contributed by atoms with Crippen LogP contribution in [-0.4, -0.2) is 26.0 Å². The second-order valence-corrected chi connectivity index (χ2v) is 8.23. The fraction of sp³-hybridized carbons (Fsp3) is 0.263. The van der Waals surface area contributed by atoms with Gasteiger partial charge < -0.3 is 10.6 Å². The summed E-state index contributed by atoms with van der Waals surface area (Å²) in [6.45, 7) is 1.75. The fourth-order valence-electron chi connectivity index (χ4n) is 2.97. The van der Waals surface area contributed by atoms with E-state index < -0.39 is 9.84 Å². The molecule has 1 heterocycles. The number of anilines is 1. The zero-order valence-corrected chi connectivity index (χ0v) is 15.2. The number of hydrogen-bond acceptors (Lipinski definition) is 4. The van der Waals surface area contributed by atoms with Gasteiger partial charge >= 0.3 is 0 Å². The number of fused-ring (bicyclic) bond motifs is 1. The third-order valence-electron chi connectivity index (χ3n) is 4.34. The summed E-state index contributed by atoms with van der Waals surface area (Å²) in [7, 11) is -3.30. The molecule has 0 aliphatic carbocycles. The van der Waals surface area contributed by atoms with E-state index in [2.05, 4.69) is 10.6 Å². The summed E-state index contributed by atoms with van der Waals surface area (Å²) in [6, 6.07) is 13.1. The minimum atomic E-state index is -3.30. The maximum absolute atomic E-state index is 12.6. The van der Waals surface area contributed by atoms with Crippen molar-refractivity contribution in [1.82, 2.24) is 5.32 Å². The number of nitrogens with one attached hydrogen (secondary N) is 2. The van der Waals surface area contributed by atoms with Crippen molar-refractivity contribution in [2.75, 3.05) is 11.1 Å². The van der Waals surface area contributed by atoms with Crippen molar-refractivity contribution >= 4 is 27.3 Å². The average molecular weight is 372 g/mol. The Bertz CT molecular complexity index is 954. The molecule has 1 unspecified atom stereocenters. The van der Waals surface area contributed by atoms with Gasteiger partial charge in [-0.05, 0) is 36.2 Å². The Hall–Kier alpha value is -2.67. The van der Waals surface area contributed by atoms with Crippen molar-refractivity contribution in [3.05, 3.63) is 59.7 Å². The Morgan fingerprint density at radius 3 is 2.65 bits per heavy atom. The Morgan fingerprint density at radius 1 is 1.12 bits per heavy atom. The van der Waals surface area contributed by atoms with Crippen molar-refractivity contribution in [3.8, 4) is 0 Å². The molecule has 2 aromatic rings. The molecule has 2 N–H and O–H groups in total. The maximum Gasteiger partial charge on any atom is 0.251 e. The summed E-state index contributed by atoms with van der Waals surface area (Å²) in [5, 5.41) is 5.63. The Morgan fingerprint density at radius 2 is 1.88 bits per heavy atom.